The number of benzene rings is 3. The van der Waals surface area contributed by atoms with Crippen molar-refractivity contribution < 1.29 is 26.4 Å². The fraction of sp³-hybridized carbons (Fsp3) is 0.174. The molecule has 0 bridgehead atoms. The lowest BCUT2D eigenvalue weighted by Crippen LogP contribution is -2.38. The molecule has 0 aromatic heterocycles. The second-order valence-corrected chi connectivity index (χ2v) is 9.03. The minimum absolute atomic E-state index is 0.0169. The van der Waals surface area contributed by atoms with Gasteiger partial charge in [0, 0.05) is 5.69 Å². The van der Waals surface area contributed by atoms with E-state index in [0.29, 0.717) is 11.3 Å². The topological polar surface area (TPSA) is 66.5 Å². The lowest BCUT2D eigenvalue weighted by atomic mass is 10.1. The van der Waals surface area contributed by atoms with Crippen LogP contribution in [0.1, 0.15) is 16.7 Å². The van der Waals surface area contributed by atoms with Gasteiger partial charge in [-0.25, -0.2) is 8.42 Å². The molecule has 1 N–H and O–H groups in total. The number of aryl methyl sites for hydroxylation is 1. The van der Waals surface area contributed by atoms with E-state index in [1.54, 1.807) is 37.3 Å². The predicted octanol–water partition coefficient (Wildman–Crippen LogP) is 5.16. The fourth-order valence-electron chi connectivity index (χ4n) is 3.10. The number of carbonyl (C=O) groups excluding carboxylic acids is 1. The van der Waals surface area contributed by atoms with Gasteiger partial charge in [0.1, 0.15) is 6.54 Å². The van der Waals surface area contributed by atoms with E-state index in [1.165, 1.54) is 12.1 Å². The van der Waals surface area contributed by atoms with Crippen LogP contribution in [0.15, 0.2) is 77.7 Å². The van der Waals surface area contributed by atoms with Crippen LogP contribution >= 0.6 is 0 Å². The molecule has 5 nitrogen and oxygen atoms in total. The van der Waals surface area contributed by atoms with E-state index in [2.05, 4.69) is 5.32 Å². The van der Waals surface area contributed by atoms with E-state index in [9.17, 15) is 26.4 Å². The highest BCUT2D eigenvalue weighted by Crippen LogP contribution is 2.30. The zero-order valence-electron chi connectivity index (χ0n) is 17.3. The first-order valence-electron chi connectivity index (χ1n) is 9.61. The first-order valence-corrected chi connectivity index (χ1v) is 11.1. The maximum atomic E-state index is 13.4. The number of hydrogen-bond acceptors (Lipinski definition) is 3. The van der Waals surface area contributed by atoms with Crippen LogP contribution in [-0.4, -0.2) is 20.9 Å². The van der Waals surface area contributed by atoms with Crippen LogP contribution in [0.4, 0.5) is 24.5 Å². The lowest BCUT2D eigenvalue weighted by Gasteiger charge is -2.26. The largest absolute Gasteiger partial charge is 0.416 e. The molecule has 32 heavy (non-hydrogen) atoms. The Balaban J connectivity index is 1.92. The van der Waals surface area contributed by atoms with Crippen molar-refractivity contribution in [2.75, 3.05) is 16.2 Å². The van der Waals surface area contributed by atoms with Crippen molar-refractivity contribution in [1.82, 2.24) is 0 Å². The summed E-state index contributed by atoms with van der Waals surface area (Å²) in [5, 5.41) is 2.47. The monoisotopic (exact) mass is 462 g/mol. The number of anilines is 2. The quantitative estimate of drug-likeness (QED) is 0.551. The number of rotatable bonds is 6. The SMILES string of the molecule is Cc1cccc(N(CC(=O)Nc2ccc(C(F)(F)F)cc2)S(=O)(=O)c2ccccc2)c1C. The summed E-state index contributed by atoms with van der Waals surface area (Å²) in [6.07, 6.45) is -4.49. The van der Waals surface area contributed by atoms with Gasteiger partial charge < -0.3 is 5.32 Å². The molecule has 0 unspecified atom stereocenters. The molecule has 0 saturated heterocycles. The summed E-state index contributed by atoms with van der Waals surface area (Å²) in [5.41, 5.74) is 1.16. The molecule has 3 aromatic rings. The molecule has 0 radical (unpaired) electrons. The molecule has 3 rings (SSSR count). The van der Waals surface area contributed by atoms with Gasteiger partial charge in [-0.05, 0) is 67.4 Å². The Kier molecular flexibility index (Phi) is 6.59. The summed E-state index contributed by atoms with van der Waals surface area (Å²) in [6.45, 7) is 3.03. The van der Waals surface area contributed by atoms with Crippen LogP contribution in [0.25, 0.3) is 0 Å². The van der Waals surface area contributed by atoms with Crippen LogP contribution in [0, 0.1) is 13.8 Å². The van der Waals surface area contributed by atoms with Gasteiger partial charge >= 0.3 is 6.18 Å². The summed E-state index contributed by atoms with van der Waals surface area (Å²) < 4.78 is 66.0. The van der Waals surface area contributed by atoms with E-state index >= 15 is 0 Å². The third-order valence-corrected chi connectivity index (χ3v) is 6.73. The minimum atomic E-state index is -4.49. The molecule has 0 atom stereocenters. The standard InChI is InChI=1S/C23H21F3N2O3S/c1-16-7-6-10-21(17(16)2)28(32(30,31)20-8-4-3-5-9-20)15-22(29)27-19-13-11-18(12-14-19)23(24,25)26/h3-14H,15H2,1-2H3,(H,27,29). The number of nitrogens with one attached hydrogen (secondary N) is 1. The second kappa shape index (κ2) is 9.04. The minimum Gasteiger partial charge on any atom is -0.325 e. The number of amides is 1. The second-order valence-electron chi connectivity index (χ2n) is 7.17. The number of sulfonamides is 1. The Morgan fingerprint density at radius 1 is 0.906 bits per heavy atom. The predicted molar refractivity (Wildman–Crippen MR) is 117 cm³/mol. The van der Waals surface area contributed by atoms with Crippen LogP contribution in [0.5, 0.6) is 0 Å². The van der Waals surface area contributed by atoms with Crippen molar-refractivity contribution in [3.05, 3.63) is 89.5 Å². The van der Waals surface area contributed by atoms with E-state index in [-0.39, 0.29) is 10.6 Å². The van der Waals surface area contributed by atoms with Crippen molar-refractivity contribution >= 4 is 27.3 Å². The third-order valence-electron chi connectivity index (χ3n) is 4.96. The van der Waals surface area contributed by atoms with Crippen molar-refractivity contribution in [3.8, 4) is 0 Å². The Morgan fingerprint density at radius 2 is 1.53 bits per heavy atom. The first-order chi connectivity index (χ1) is 15.0. The van der Waals surface area contributed by atoms with Crippen molar-refractivity contribution in [2.24, 2.45) is 0 Å². The summed E-state index contributed by atoms with van der Waals surface area (Å²) in [6, 6.07) is 16.8. The molecule has 0 spiro atoms. The van der Waals surface area contributed by atoms with Crippen molar-refractivity contribution in [3.63, 3.8) is 0 Å². The number of halogens is 3. The van der Waals surface area contributed by atoms with Gasteiger partial charge in [0.2, 0.25) is 5.91 Å². The van der Waals surface area contributed by atoms with Gasteiger partial charge in [-0.3, -0.25) is 9.10 Å². The van der Waals surface area contributed by atoms with Crippen LogP contribution in [0.2, 0.25) is 0 Å². The Morgan fingerprint density at radius 3 is 2.12 bits per heavy atom. The Labute approximate surface area is 184 Å². The van der Waals surface area contributed by atoms with Crippen LogP contribution in [-0.2, 0) is 21.0 Å². The highest BCUT2D eigenvalue weighted by Gasteiger charge is 2.31. The molecule has 0 heterocycles. The normalized spacial score (nSPS) is 11.8. The van der Waals surface area contributed by atoms with E-state index in [1.807, 2.05) is 13.0 Å². The molecular weight excluding hydrogens is 441 g/mol. The molecule has 0 aliphatic carbocycles. The van der Waals surface area contributed by atoms with Gasteiger partial charge in [-0.1, -0.05) is 30.3 Å². The summed E-state index contributed by atoms with van der Waals surface area (Å²) in [7, 11) is -4.08. The summed E-state index contributed by atoms with van der Waals surface area (Å²) in [5.74, 6) is -0.690. The molecule has 3 aromatic carbocycles. The highest BCUT2D eigenvalue weighted by atomic mass is 32.2. The average Bonchev–Trinajstić information content (AvgIpc) is 2.74. The maximum Gasteiger partial charge on any atom is 0.416 e. The van der Waals surface area contributed by atoms with E-state index < -0.39 is 34.2 Å². The zero-order chi connectivity index (χ0) is 23.5. The molecule has 0 fully saturated rings. The number of carbonyl (C=O) groups is 1. The third kappa shape index (κ3) is 5.11. The maximum absolute atomic E-state index is 13.4. The highest BCUT2D eigenvalue weighted by molar-refractivity contribution is 7.92. The number of hydrogen-bond donors (Lipinski definition) is 1. The number of alkyl halides is 3. The molecule has 168 valence electrons. The Bertz CT molecular complexity index is 1210. The molecule has 0 aliphatic heterocycles. The van der Waals surface area contributed by atoms with Gasteiger partial charge in [0.05, 0.1) is 16.1 Å². The van der Waals surface area contributed by atoms with Gasteiger partial charge in [0.25, 0.3) is 10.0 Å². The first kappa shape index (κ1) is 23.3. The zero-order valence-corrected chi connectivity index (χ0v) is 18.2. The molecule has 1 amide bonds. The molecular formula is C23H21F3N2O3S. The van der Waals surface area contributed by atoms with Gasteiger partial charge in [0.15, 0.2) is 0 Å². The Hall–Kier alpha value is -3.33. The molecule has 0 aliphatic rings. The molecule has 9 heteroatoms. The average molecular weight is 462 g/mol. The number of nitrogens with zero attached hydrogens (tertiary/aromatic N) is 1. The fourth-order valence-corrected chi connectivity index (χ4v) is 4.60. The van der Waals surface area contributed by atoms with Crippen molar-refractivity contribution in [2.45, 2.75) is 24.9 Å². The van der Waals surface area contributed by atoms with Crippen molar-refractivity contribution in [1.29, 1.82) is 0 Å². The smallest absolute Gasteiger partial charge is 0.325 e. The summed E-state index contributed by atoms with van der Waals surface area (Å²) in [4.78, 5) is 12.7. The van der Waals surface area contributed by atoms with Crippen LogP contribution < -0.4 is 9.62 Å². The van der Waals surface area contributed by atoms with Gasteiger partial charge in [-0.15, -0.1) is 0 Å². The van der Waals surface area contributed by atoms with E-state index in [4.69, 9.17) is 0 Å². The van der Waals surface area contributed by atoms with E-state index in [0.717, 1.165) is 34.1 Å². The summed E-state index contributed by atoms with van der Waals surface area (Å²) >= 11 is 0. The van der Waals surface area contributed by atoms with Crippen LogP contribution in [0.3, 0.4) is 0 Å². The molecule has 0 saturated carbocycles. The lowest BCUT2D eigenvalue weighted by molar-refractivity contribution is -0.137. The van der Waals surface area contributed by atoms with Gasteiger partial charge in [-0.2, -0.15) is 13.2 Å².